The molecule has 2 aromatic rings. The predicted molar refractivity (Wildman–Crippen MR) is 71.7 cm³/mol. The van der Waals surface area contributed by atoms with Crippen LogP contribution < -0.4 is 0 Å². The van der Waals surface area contributed by atoms with E-state index in [9.17, 15) is 4.79 Å². The summed E-state index contributed by atoms with van der Waals surface area (Å²) in [7, 11) is 0. The molecule has 0 saturated heterocycles. The lowest BCUT2D eigenvalue weighted by Gasteiger charge is -2.08. The highest BCUT2D eigenvalue weighted by Crippen LogP contribution is 2.26. The Morgan fingerprint density at radius 2 is 2.22 bits per heavy atom. The Kier molecular flexibility index (Phi) is 3.93. The maximum Gasteiger partial charge on any atom is 0.313 e. The number of hydrogen-bond donors (Lipinski definition) is 1. The van der Waals surface area contributed by atoms with Crippen molar-refractivity contribution in [3.8, 4) is 5.69 Å². The van der Waals surface area contributed by atoms with E-state index >= 15 is 0 Å². The maximum absolute atomic E-state index is 10.6. The second kappa shape index (κ2) is 5.46. The molecular formula is C12H11ClN2O2S. The number of imidazole rings is 1. The zero-order valence-electron chi connectivity index (χ0n) is 9.63. The number of carbonyl (C=O) groups is 1. The van der Waals surface area contributed by atoms with Gasteiger partial charge in [-0.2, -0.15) is 0 Å². The lowest BCUT2D eigenvalue weighted by molar-refractivity contribution is -0.133. The number of aryl methyl sites for hydroxylation is 1. The average Bonchev–Trinajstić information content (AvgIpc) is 2.68. The Morgan fingerprint density at radius 3 is 2.89 bits per heavy atom. The highest BCUT2D eigenvalue weighted by molar-refractivity contribution is 7.99. The molecule has 2 rings (SSSR count). The molecular weight excluding hydrogens is 272 g/mol. The molecule has 0 bridgehead atoms. The number of aromatic nitrogens is 2. The number of benzene rings is 1. The van der Waals surface area contributed by atoms with E-state index in [0.717, 1.165) is 11.4 Å². The number of halogens is 1. The van der Waals surface area contributed by atoms with E-state index in [0.29, 0.717) is 10.2 Å². The van der Waals surface area contributed by atoms with Gasteiger partial charge in [0.15, 0.2) is 5.16 Å². The third-order valence-electron chi connectivity index (χ3n) is 2.23. The van der Waals surface area contributed by atoms with Crippen LogP contribution >= 0.6 is 23.4 Å². The van der Waals surface area contributed by atoms with Crippen molar-refractivity contribution < 1.29 is 9.90 Å². The second-order valence-corrected chi connectivity index (χ2v) is 5.02. The summed E-state index contributed by atoms with van der Waals surface area (Å²) in [6.45, 7) is 1.86. The fourth-order valence-corrected chi connectivity index (χ4v) is 2.50. The summed E-state index contributed by atoms with van der Waals surface area (Å²) < 4.78 is 1.81. The van der Waals surface area contributed by atoms with Crippen LogP contribution in [0.25, 0.3) is 5.69 Å². The van der Waals surface area contributed by atoms with Crippen LogP contribution in [-0.2, 0) is 4.79 Å². The van der Waals surface area contributed by atoms with Crippen LogP contribution in [0.2, 0.25) is 5.02 Å². The van der Waals surface area contributed by atoms with Crippen molar-refractivity contribution in [2.75, 3.05) is 5.75 Å². The van der Waals surface area contributed by atoms with Gasteiger partial charge >= 0.3 is 5.97 Å². The molecule has 4 nitrogen and oxygen atoms in total. The summed E-state index contributed by atoms with van der Waals surface area (Å²) in [6, 6.07) is 7.38. The summed E-state index contributed by atoms with van der Waals surface area (Å²) in [4.78, 5) is 14.9. The zero-order chi connectivity index (χ0) is 13.1. The van der Waals surface area contributed by atoms with Crippen LogP contribution in [0.1, 0.15) is 5.69 Å². The number of carboxylic acid groups (broad SMARTS) is 1. The molecule has 0 spiro atoms. The predicted octanol–water partition coefficient (Wildman–Crippen LogP) is 3.01. The third-order valence-corrected chi connectivity index (χ3v) is 3.49. The Morgan fingerprint density at radius 1 is 1.50 bits per heavy atom. The SMILES string of the molecule is Cc1cn(-c2ccccc2Cl)c(SCC(=O)O)n1. The molecule has 94 valence electrons. The van der Waals surface area contributed by atoms with Gasteiger partial charge < -0.3 is 5.11 Å². The molecule has 0 atom stereocenters. The highest BCUT2D eigenvalue weighted by atomic mass is 35.5. The monoisotopic (exact) mass is 282 g/mol. The van der Waals surface area contributed by atoms with Gasteiger partial charge in [-0.1, -0.05) is 35.5 Å². The number of hydrogen-bond acceptors (Lipinski definition) is 3. The first-order chi connectivity index (χ1) is 8.58. The molecule has 0 amide bonds. The maximum atomic E-state index is 10.6. The molecule has 0 fully saturated rings. The number of aliphatic carboxylic acids is 1. The van der Waals surface area contributed by atoms with Gasteiger partial charge in [0.25, 0.3) is 0 Å². The topological polar surface area (TPSA) is 55.1 Å². The van der Waals surface area contributed by atoms with Gasteiger partial charge in [0.05, 0.1) is 22.2 Å². The van der Waals surface area contributed by atoms with Crippen LogP contribution in [0.4, 0.5) is 0 Å². The molecule has 1 aromatic heterocycles. The molecule has 0 radical (unpaired) electrons. The van der Waals surface area contributed by atoms with Crippen molar-refractivity contribution in [1.29, 1.82) is 0 Å². The summed E-state index contributed by atoms with van der Waals surface area (Å²) in [5.74, 6) is -0.896. The molecule has 0 unspecified atom stereocenters. The first-order valence-electron chi connectivity index (χ1n) is 5.23. The lowest BCUT2D eigenvalue weighted by Crippen LogP contribution is -2.01. The Balaban J connectivity index is 2.38. The standard InChI is InChI=1S/C12H11ClN2O2S/c1-8-6-15(10-5-3-2-4-9(10)13)12(14-8)18-7-11(16)17/h2-6H,7H2,1H3,(H,16,17). The van der Waals surface area contributed by atoms with Gasteiger partial charge in [-0.15, -0.1) is 0 Å². The molecule has 1 N–H and O–H groups in total. The van der Waals surface area contributed by atoms with E-state index in [4.69, 9.17) is 16.7 Å². The van der Waals surface area contributed by atoms with Crippen LogP contribution in [0, 0.1) is 6.92 Å². The fraction of sp³-hybridized carbons (Fsp3) is 0.167. The van der Waals surface area contributed by atoms with Crippen molar-refractivity contribution in [3.63, 3.8) is 0 Å². The van der Waals surface area contributed by atoms with Crippen LogP contribution in [0.3, 0.4) is 0 Å². The van der Waals surface area contributed by atoms with E-state index < -0.39 is 5.97 Å². The van der Waals surface area contributed by atoms with Crippen molar-refractivity contribution in [3.05, 3.63) is 41.2 Å². The molecule has 0 aliphatic rings. The zero-order valence-corrected chi connectivity index (χ0v) is 11.2. The molecule has 6 heteroatoms. The molecule has 1 aromatic carbocycles. The number of nitrogens with zero attached hydrogens (tertiary/aromatic N) is 2. The van der Waals surface area contributed by atoms with Crippen molar-refractivity contribution in [2.24, 2.45) is 0 Å². The number of rotatable bonds is 4. The van der Waals surface area contributed by atoms with Gasteiger partial charge in [0.1, 0.15) is 0 Å². The van der Waals surface area contributed by atoms with Crippen molar-refractivity contribution in [2.45, 2.75) is 12.1 Å². The molecule has 0 aliphatic heterocycles. The minimum atomic E-state index is -0.869. The molecule has 18 heavy (non-hydrogen) atoms. The summed E-state index contributed by atoms with van der Waals surface area (Å²) in [5, 5.41) is 9.95. The van der Waals surface area contributed by atoms with Crippen LogP contribution in [0.5, 0.6) is 0 Å². The number of para-hydroxylation sites is 1. The minimum Gasteiger partial charge on any atom is -0.481 e. The van der Waals surface area contributed by atoms with E-state index in [2.05, 4.69) is 4.98 Å². The summed E-state index contributed by atoms with van der Waals surface area (Å²) >= 11 is 7.30. The van der Waals surface area contributed by atoms with E-state index in [1.165, 1.54) is 11.8 Å². The van der Waals surface area contributed by atoms with E-state index in [-0.39, 0.29) is 5.75 Å². The normalized spacial score (nSPS) is 10.6. The first-order valence-corrected chi connectivity index (χ1v) is 6.60. The van der Waals surface area contributed by atoms with Gasteiger partial charge in [-0.25, -0.2) is 4.98 Å². The van der Waals surface area contributed by atoms with Gasteiger partial charge in [0, 0.05) is 6.20 Å². The quantitative estimate of drug-likeness (QED) is 0.876. The van der Waals surface area contributed by atoms with Crippen molar-refractivity contribution in [1.82, 2.24) is 9.55 Å². The Bertz CT molecular complexity index is 583. The fourth-order valence-electron chi connectivity index (χ4n) is 1.52. The molecule has 0 saturated carbocycles. The smallest absolute Gasteiger partial charge is 0.313 e. The lowest BCUT2D eigenvalue weighted by atomic mass is 10.3. The van der Waals surface area contributed by atoms with Gasteiger partial charge in [0.2, 0.25) is 0 Å². The number of thioether (sulfide) groups is 1. The average molecular weight is 283 g/mol. The van der Waals surface area contributed by atoms with Crippen molar-refractivity contribution >= 4 is 29.3 Å². The molecule has 1 heterocycles. The van der Waals surface area contributed by atoms with E-state index in [1.54, 1.807) is 6.07 Å². The van der Waals surface area contributed by atoms with Crippen LogP contribution in [0.15, 0.2) is 35.6 Å². The third kappa shape index (κ3) is 2.86. The summed E-state index contributed by atoms with van der Waals surface area (Å²) in [5.41, 5.74) is 1.62. The first kappa shape index (κ1) is 13.0. The number of carboxylic acids is 1. The summed E-state index contributed by atoms with van der Waals surface area (Å²) in [6.07, 6.45) is 1.84. The Labute approximate surface area is 114 Å². The van der Waals surface area contributed by atoms with Crippen LogP contribution in [-0.4, -0.2) is 26.4 Å². The van der Waals surface area contributed by atoms with Gasteiger partial charge in [-0.05, 0) is 19.1 Å². The second-order valence-electron chi connectivity index (χ2n) is 3.67. The highest BCUT2D eigenvalue weighted by Gasteiger charge is 2.12. The van der Waals surface area contributed by atoms with Gasteiger partial charge in [-0.3, -0.25) is 9.36 Å². The largest absolute Gasteiger partial charge is 0.481 e. The Hall–Kier alpha value is -1.46. The molecule has 0 aliphatic carbocycles. The minimum absolute atomic E-state index is 0.0269. The van der Waals surface area contributed by atoms with E-state index in [1.807, 2.05) is 35.9 Å².